The molecule has 1 unspecified atom stereocenters. The summed E-state index contributed by atoms with van der Waals surface area (Å²) < 4.78 is 5.41. The van der Waals surface area contributed by atoms with Crippen LogP contribution in [0.4, 0.5) is 5.82 Å². The average molecular weight is 414 g/mol. The highest BCUT2D eigenvalue weighted by Gasteiger charge is 2.42. The third-order valence-electron chi connectivity index (χ3n) is 7.28. The van der Waals surface area contributed by atoms with Gasteiger partial charge in [0.15, 0.2) is 5.82 Å². The second-order valence-corrected chi connectivity index (χ2v) is 9.18. The highest BCUT2D eigenvalue weighted by atomic mass is 16.5. The number of anilines is 1. The van der Waals surface area contributed by atoms with Crippen LogP contribution in [-0.4, -0.2) is 83.8 Å². The fourth-order valence-electron chi connectivity index (χ4n) is 5.24. The van der Waals surface area contributed by atoms with Crippen molar-refractivity contribution in [3.8, 4) is 0 Å². The molecular formula is C22H31N5O3. The zero-order valence-electron chi connectivity index (χ0n) is 17.8. The van der Waals surface area contributed by atoms with E-state index in [2.05, 4.69) is 21.2 Å². The monoisotopic (exact) mass is 413 g/mol. The van der Waals surface area contributed by atoms with E-state index in [-0.39, 0.29) is 29.8 Å². The Balaban J connectivity index is 1.16. The van der Waals surface area contributed by atoms with E-state index in [0.717, 1.165) is 50.3 Å². The molecule has 8 heteroatoms. The zero-order valence-corrected chi connectivity index (χ0v) is 17.8. The largest absolute Gasteiger partial charge is 0.381 e. The first-order chi connectivity index (χ1) is 14.6. The number of hydrogen-bond donors (Lipinski definition) is 0. The van der Waals surface area contributed by atoms with E-state index in [1.807, 2.05) is 16.8 Å². The molecule has 0 radical (unpaired) electrons. The second kappa shape index (κ2) is 8.13. The molecule has 1 aromatic rings. The quantitative estimate of drug-likeness (QED) is 0.734. The Morgan fingerprint density at radius 1 is 1.13 bits per heavy atom. The third kappa shape index (κ3) is 3.66. The molecule has 0 aromatic carbocycles. The Bertz CT molecular complexity index is 819. The number of carbonyl (C=O) groups excluding carboxylic acids is 2. The van der Waals surface area contributed by atoms with E-state index in [1.54, 1.807) is 0 Å². The normalized spacial score (nSPS) is 25.2. The van der Waals surface area contributed by atoms with Crippen LogP contribution < -0.4 is 4.90 Å². The predicted molar refractivity (Wildman–Crippen MR) is 111 cm³/mol. The molecule has 1 aromatic heterocycles. The van der Waals surface area contributed by atoms with Crippen LogP contribution >= 0.6 is 0 Å². The Hall–Kier alpha value is -2.22. The Labute approximate surface area is 177 Å². The fourth-order valence-corrected chi connectivity index (χ4v) is 5.24. The van der Waals surface area contributed by atoms with E-state index >= 15 is 0 Å². The highest BCUT2D eigenvalue weighted by Crippen LogP contribution is 2.29. The molecule has 2 amide bonds. The van der Waals surface area contributed by atoms with E-state index in [1.165, 1.54) is 18.4 Å². The van der Waals surface area contributed by atoms with Crippen molar-refractivity contribution in [1.82, 2.24) is 20.0 Å². The maximum absolute atomic E-state index is 13.1. The molecular weight excluding hydrogens is 382 g/mol. The molecule has 8 nitrogen and oxygen atoms in total. The van der Waals surface area contributed by atoms with Crippen molar-refractivity contribution in [2.45, 2.75) is 57.0 Å². The molecule has 3 aliphatic heterocycles. The molecule has 30 heavy (non-hydrogen) atoms. The van der Waals surface area contributed by atoms with Crippen molar-refractivity contribution in [2.24, 2.45) is 5.92 Å². The number of aromatic nitrogens is 2. The molecule has 0 spiro atoms. The minimum absolute atomic E-state index is 0.0964. The first kappa shape index (κ1) is 19.7. The molecule has 3 fully saturated rings. The van der Waals surface area contributed by atoms with Gasteiger partial charge in [-0.15, -0.1) is 5.10 Å². The number of rotatable bonds is 4. The summed E-state index contributed by atoms with van der Waals surface area (Å²) in [5.41, 5.74) is 2.48. The summed E-state index contributed by atoms with van der Waals surface area (Å²) in [5, 5.41) is 8.84. The zero-order chi connectivity index (χ0) is 20.7. The number of amides is 2. The first-order valence-electron chi connectivity index (χ1n) is 11.3. The number of likely N-dealkylation sites (N-methyl/N-ethyl adjacent to an activating group) is 1. The number of likely N-dealkylation sites (tertiary alicyclic amines) is 1. The molecule has 3 saturated heterocycles. The van der Waals surface area contributed by atoms with Crippen molar-refractivity contribution < 1.29 is 14.3 Å². The van der Waals surface area contributed by atoms with Gasteiger partial charge in [0.1, 0.15) is 0 Å². The number of aryl methyl sites for hydroxylation is 2. The van der Waals surface area contributed by atoms with Crippen LogP contribution in [0.15, 0.2) is 6.07 Å². The summed E-state index contributed by atoms with van der Waals surface area (Å²) >= 11 is 0. The van der Waals surface area contributed by atoms with Gasteiger partial charge in [0.05, 0.1) is 17.7 Å². The molecule has 0 N–H and O–H groups in total. The van der Waals surface area contributed by atoms with Crippen molar-refractivity contribution in [3.63, 3.8) is 0 Å². The molecule has 5 rings (SSSR count). The van der Waals surface area contributed by atoms with Crippen LogP contribution in [0.2, 0.25) is 0 Å². The lowest BCUT2D eigenvalue weighted by Gasteiger charge is -2.45. The molecule has 4 heterocycles. The van der Waals surface area contributed by atoms with Crippen LogP contribution in [0, 0.1) is 5.92 Å². The van der Waals surface area contributed by atoms with Gasteiger partial charge in [0.25, 0.3) is 0 Å². The number of fused-ring (bicyclic) bond motifs is 1. The average Bonchev–Trinajstić information content (AvgIpc) is 3.14. The minimum Gasteiger partial charge on any atom is -0.381 e. The molecule has 1 atom stereocenters. The number of carbonyl (C=O) groups is 2. The maximum Gasteiger partial charge on any atom is 0.228 e. The van der Waals surface area contributed by atoms with Gasteiger partial charge < -0.3 is 19.4 Å². The summed E-state index contributed by atoms with van der Waals surface area (Å²) in [6.07, 6.45) is 6.65. The van der Waals surface area contributed by atoms with Gasteiger partial charge in [-0.25, -0.2) is 0 Å². The molecule has 1 aliphatic carbocycles. The summed E-state index contributed by atoms with van der Waals surface area (Å²) in [6.45, 7) is 3.52. The van der Waals surface area contributed by atoms with Crippen LogP contribution in [0.3, 0.4) is 0 Å². The van der Waals surface area contributed by atoms with Gasteiger partial charge in [-0.05, 0) is 50.2 Å². The standard InChI is InChI=1S/C22H31N5O3/c1-25(22(29)16-11-21(28)27(12-16)17-6-8-30-9-7-17)18-13-26(14-18)20-10-15-4-2-3-5-19(15)23-24-20/h10,16-18H,2-9,11-14H2,1H3. The topological polar surface area (TPSA) is 78.9 Å². The fraction of sp³-hybridized carbons (Fsp3) is 0.727. The van der Waals surface area contributed by atoms with Crippen molar-refractivity contribution in [2.75, 3.05) is 44.8 Å². The molecule has 0 saturated carbocycles. The van der Waals surface area contributed by atoms with E-state index in [4.69, 9.17) is 4.74 Å². The van der Waals surface area contributed by atoms with Gasteiger partial charge in [-0.3, -0.25) is 9.59 Å². The number of ether oxygens (including phenoxy) is 1. The summed E-state index contributed by atoms with van der Waals surface area (Å²) in [5.74, 6) is 0.921. The van der Waals surface area contributed by atoms with E-state index in [9.17, 15) is 9.59 Å². The lowest BCUT2D eigenvalue weighted by molar-refractivity contribution is -0.137. The second-order valence-electron chi connectivity index (χ2n) is 9.18. The van der Waals surface area contributed by atoms with E-state index in [0.29, 0.717) is 26.2 Å². The first-order valence-corrected chi connectivity index (χ1v) is 11.3. The molecule has 0 bridgehead atoms. The SMILES string of the molecule is CN(C(=O)C1CC(=O)N(C2CCOCC2)C1)C1CN(c2cc3c(nn2)CCCC3)C1. The lowest BCUT2D eigenvalue weighted by Crippen LogP contribution is -2.61. The van der Waals surface area contributed by atoms with Crippen LogP contribution in [-0.2, 0) is 27.2 Å². The third-order valence-corrected chi connectivity index (χ3v) is 7.28. The Morgan fingerprint density at radius 2 is 1.90 bits per heavy atom. The lowest BCUT2D eigenvalue weighted by atomic mass is 9.96. The highest BCUT2D eigenvalue weighted by molar-refractivity contribution is 5.89. The minimum atomic E-state index is -0.220. The van der Waals surface area contributed by atoms with Crippen LogP contribution in [0.1, 0.15) is 43.4 Å². The maximum atomic E-state index is 13.1. The molecule has 162 valence electrons. The van der Waals surface area contributed by atoms with Gasteiger partial charge in [0, 0.05) is 52.4 Å². The van der Waals surface area contributed by atoms with Crippen LogP contribution in [0.25, 0.3) is 0 Å². The van der Waals surface area contributed by atoms with Gasteiger partial charge in [-0.1, -0.05) is 0 Å². The summed E-state index contributed by atoms with van der Waals surface area (Å²) in [6, 6.07) is 2.58. The van der Waals surface area contributed by atoms with Crippen molar-refractivity contribution in [1.29, 1.82) is 0 Å². The van der Waals surface area contributed by atoms with E-state index < -0.39 is 0 Å². The van der Waals surface area contributed by atoms with Crippen molar-refractivity contribution in [3.05, 3.63) is 17.3 Å². The summed E-state index contributed by atoms with van der Waals surface area (Å²) in [7, 11) is 1.88. The predicted octanol–water partition coefficient (Wildman–Crippen LogP) is 1.03. The Kier molecular flexibility index (Phi) is 5.35. The van der Waals surface area contributed by atoms with Crippen LogP contribution in [0.5, 0.6) is 0 Å². The van der Waals surface area contributed by atoms with Gasteiger partial charge in [0.2, 0.25) is 11.8 Å². The molecule has 4 aliphatic rings. The number of hydrogen-bond acceptors (Lipinski definition) is 6. The smallest absolute Gasteiger partial charge is 0.228 e. The van der Waals surface area contributed by atoms with Gasteiger partial charge >= 0.3 is 0 Å². The summed E-state index contributed by atoms with van der Waals surface area (Å²) in [4.78, 5) is 31.6. The Morgan fingerprint density at radius 3 is 2.70 bits per heavy atom. The van der Waals surface area contributed by atoms with Gasteiger partial charge in [-0.2, -0.15) is 5.10 Å². The number of nitrogens with zero attached hydrogens (tertiary/aromatic N) is 5. The van der Waals surface area contributed by atoms with Crippen molar-refractivity contribution >= 4 is 17.6 Å².